The molecule has 1 fully saturated rings. The highest BCUT2D eigenvalue weighted by molar-refractivity contribution is 5.76. The first kappa shape index (κ1) is 62.7. The van der Waals surface area contributed by atoms with Crippen molar-refractivity contribution in [3.05, 3.63) is 48.7 Å². The van der Waals surface area contributed by atoms with Crippen LogP contribution in [0.2, 0.25) is 0 Å². The van der Waals surface area contributed by atoms with E-state index >= 15 is 0 Å². The summed E-state index contributed by atoms with van der Waals surface area (Å²) in [6, 6.07) is 1.24. The Labute approximate surface area is 365 Å². The first-order valence-electron chi connectivity index (χ1n) is 22.5. The highest BCUT2D eigenvalue weighted by Crippen LogP contribution is 2.29. The van der Waals surface area contributed by atoms with E-state index in [-0.39, 0.29) is 48.6 Å². The van der Waals surface area contributed by atoms with E-state index in [1.54, 1.807) is 14.2 Å². The van der Waals surface area contributed by atoms with Gasteiger partial charge in [0.2, 0.25) is 18.7 Å². The minimum Gasteiger partial charge on any atom is -0.385 e. The molecule has 0 radical (unpaired) electrons. The van der Waals surface area contributed by atoms with E-state index in [2.05, 4.69) is 138 Å². The molecule has 348 valence electrons. The van der Waals surface area contributed by atoms with Crippen molar-refractivity contribution in [2.24, 2.45) is 35.3 Å². The summed E-state index contributed by atoms with van der Waals surface area (Å²) in [7, 11) is 9.62. The number of nitrogens with zero attached hydrogens (tertiary/aromatic N) is 3. The third-order valence-corrected chi connectivity index (χ3v) is 11.4. The number of carbonyl (C=O) groups is 3. The minimum atomic E-state index is -0.0525. The third kappa shape index (κ3) is 25.4. The quantitative estimate of drug-likeness (QED) is 0.0778. The molecule has 10 nitrogen and oxygen atoms in total. The molecule has 1 aliphatic heterocycles. The van der Waals surface area contributed by atoms with Crippen LogP contribution in [0.15, 0.2) is 48.7 Å². The predicted octanol–water partition coefficient (Wildman–Crippen LogP) is 9.91. The number of allylic oxidation sites excluding steroid dienone is 4. The van der Waals surface area contributed by atoms with Gasteiger partial charge in [-0.1, -0.05) is 126 Å². The van der Waals surface area contributed by atoms with Gasteiger partial charge in [0, 0.05) is 63.8 Å². The Morgan fingerprint density at radius 2 is 1.53 bits per heavy atom. The summed E-state index contributed by atoms with van der Waals surface area (Å²) in [4.78, 5) is 38.2. The molecule has 0 spiro atoms. The van der Waals surface area contributed by atoms with Gasteiger partial charge in [-0.3, -0.25) is 14.4 Å². The van der Waals surface area contributed by atoms with Crippen LogP contribution in [0.1, 0.15) is 142 Å². The summed E-state index contributed by atoms with van der Waals surface area (Å²) < 4.78 is 11.4. The van der Waals surface area contributed by atoms with Crippen molar-refractivity contribution in [1.29, 1.82) is 0 Å². The van der Waals surface area contributed by atoms with Crippen LogP contribution in [0.25, 0.3) is 0 Å². The van der Waals surface area contributed by atoms with Gasteiger partial charge in [-0.05, 0) is 83.9 Å². The van der Waals surface area contributed by atoms with Gasteiger partial charge in [0.1, 0.15) is 0 Å². The number of amides is 3. The molecule has 0 aromatic rings. The number of hydrogen-bond acceptors (Lipinski definition) is 7. The van der Waals surface area contributed by atoms with Crippen molar-refractivity contribution in [3.63, 3.8) is 0 Å². The number of ether oxygens (including phenoxy) is 2. The lowest BCUT2D eigenvalue weighted by Crippen LogP contribution is -2.49. The van der Waals surface area contributed by atoms with Crippen molar-refractivity contribution < 1.29 is 23.9 Å². The average Bonchev–Trinajstić information content (AvgIpc) is 3.68. The molecule has 10 heteroatoms. The zero-order valence-electron chi connectivity index (χ0n) is 41.8. The van der Waals surface area contributed by atoms with E-state index in [1.165, 1.54) is 5.57 Å². The molecule has 0 aliphatic carbocycles. The lowest BCUT2D eigenvalue weighted by Gasteiger charge is -2.37. The van der Waals surface area contributed by atoms with E-state index in [0.717, 1.165) is 63.1 Å². The number of nitrogens with two attached hydrogens (primary N) is 1. The third-order valence-electron chi connectivity index (χ3n) is 11.4. The van der Waals surface area contributed by atoms with Gasteiger partial charge >= 0.3 is 0 Å². The second kappa shape index (κ2) is 38.0. The van der Waals surface area contributed by atoms with Gasteiger partial charge in [-0.15, -0.1) is 0 Å². The average molecular weight is 836 g/mol. The maximum atomic E-state index is 12.2. The Balaban J connectivity index is -0.000000415. The fraction of sp³-hybridized carbons (Fsp3) is 0.776. The molecule has 59 heavy (non-hydrogen) atoms. The Hall–Kier alpha value is -2.95. The zero-order valence-corrected chi connectivity index (χ0v) is 41.8. The van der Waals surface area contributed by atoms with Crippen molar-refractivity contribution in [1.82, 2.24) is 20.0 Å². The molecule has 1 saturated heterocycles. The van der Waals surface area contributed by atoms with Gasteiger partial charge in [0.15, 0.2) is 0 Å². The highest BCUT2D eigenvalue weighted by atomic mass is 16.5. The van der Waals surface area contributed by atoms with Crippen LogP contribution in [0.3, 0.4) is 0 Å². The fourth-order valence-electron chi connectivity index (χ4n) is 7.41. The van der Waals surface area contributed by atoms with Gasteiger partial charge in [0.25, 0.3) is 0 Å². The largest absolute Gasteiger partial charge is 0.385 e. The van der Waals surface area contributed by atoms with E-state index in [4.69, 9.17) is 14.3 Å². The molecule has 0 aromatic carbocycles. The second-order valence-corrected chi connectivity index (χ2v) is 16.5. The summed E-state index contributed by atoms with van der Waals surface area (Å²) >= 11 is 0. The van der Waals surface area contributed by atoms with Crippen LogP contribution < -0.4 is 11.1 Å². The summed E-state index contributed by atoms with van der Waals surface area (Å²) in [5.74, 6) is 2.34. The SMILES string of the molecule is C=C/C=C(\C=C/C)C(CCC)[C@@H](C)NC(=C)[C@H](C)C(OC)C1CCCN1C=O.CC.CC(C)C(C)N(C)C.CCC(C)C(C(CC)OC)N(C)C(=O)CC(C)C.NC=O. The van der Waals surface area contributed by atoms with Crippen molar-refractivity contribution in [3.8, 4) is 0 Å². The Kier molecular flexibility index (Phi) is 40.4. The number of nitrogens with one attached hydrogen (secondary N) is 1. The van der Waals surface area contributed by atoms with Crippen molar-refractivity contribution in [2.75, 3.05) is 41.9 Å². The standard InChI is InChI=1S/C24H40N2O2.C15H31NO2.C7H17N.C2H6.CH3NO/c1-8-12-21(13-9-2)22(14-10-3)20(6)25-19(5)18(4)24(28-7)23-15-11-16-26(23)17-27;1-8-12(5)15(13(9-2)18-7)16(6)14(17)10-11(3)4;1-6(2)7(3)8(4)5;1-2;2-1-3/h8-9,12-13,17-18,20,22-25H,1,5,10-11,14-16H2,2-4,6-7H3;11-13,15H,8-10H2,1-7H3;6-7H,1-5H3;1-2H3;1H,(H2,2,3)/b13-9-,21-12+;;;;/t18-,20+,22?,23?,24?;;;;/m0..../s1. The lowest BCUT2D eigenvalue weighted by atomic mass is 9.86. The molecule has 1 heterocycles. The van der Waals surface area contributed by atoms with E-state index in [0.29, 0.717) is 30.2 Å². The smallest absolute Gasteiger partial charge is 0.222 e. The topological polar surface area (TPSA) is 117 Å². The molecular weight excluding hydrogens is 739 g/mol. The predicted molar refractivity (Wildman–Crippen MR) is 255 cm³/mol. The Morgan fingerprint density at radius 3 is 1.88 bits per heavy atom. The molecule has 3 amide bonds. The number of carbonyl (C=O) groups excluding carboxylic acids is 3. The van der Waals surface area contributed by atoms with Gasteiger partial charge in [-0.2, -0.15) is 0 Å². The van der Waals surface area contributed by atoms with Gasteiger partial charge < -0.3 is 35.2 Å². The molecule has 1 aliphatic rings. The van der Waals surface area contributed by atoms with Gasteiger partial charge in [-0.25, -0.2) is 0 Å². The molecule has 7 unspecified atom stereocenters. The zero-order chi connectivity index (χ0) is 46.8. The van der Waals surface area contributed by atoms with Crippen LogP contribution in [0.4, 0.5) is 0 Å². The van der Waals surface area contributed by atoms with E-state index in [9.17, 15) is 9.59 Å². The summed E-state index contributed by atoms with van der Waals surface area (Å²) in [6.45, 7) is 39.0. The monoisotopic (exact) mass is 836 g/mol. The first-order valence-corrected chi connectivity index (χ1v) is 22.5. The number of rotatable bonds is 23. The van der Waals surface area contributed by atoms with E-state index < -0.39 is 0 Å². The number of methoxy groups -OCH3 is 2. The minimum absolute atomic E-state index is 0.0525. The number of hydrogen-bond donors (Lipinski definition) is 2. The summed E-state index contributed by atoms with van der Waals surface area (Å²) in [5, 5.41) is 3.64. The highest BCUT2D eigenvalue weighted by Gasteiger charge is 2.36. The number of likely N-dealkylation sites (N-methyl/N-ethyl adjacent to an activating group) is 1. The molecule has 1 rings (SSSR count). The van der Waals surface area contributed by atoms with Crippen molar-refractivity contribution in [2.45, 2.75) is 178 Å². The van der Waals surface area contributed by atoms with Crippen molar-refractivity contribution >= 4 is 18.7 Å². The van der Waals surface area contributed by atoms with Crippen LogP contribution in [-0.2, 0) is 23.9 Å². The second-order valence-electron chi connectivity index (χ2n) is 16.5. The number of primary amides is 1. The first-order chi connectivity index (χ1) is 27.8. The normalized spacial score (nSPS) is 17.8. The lowest BCUT2D eigenvalue weighted by molar-refractivity contribution is -0.137. The van der Waals surface area contributed by atoms with Crippen LogP contribution in [-0.4, -0.2) is 112 Å². The van der Waals surface area contributed by atoms with Crippen LogP contribution in [0.5, 0.6) is 0 Å². The molecule has 0 saturated carbocycles. The molecule has 3 N–H and O–H groups in total. The maximum absolute atomic E-state index is 12.2. The summed E-state index contributed by atoms with van der Waals surface area (Å²) in [6.07, 6.45) is 16.3. The van der Waals surface area contributed by atoms with Crippen LogP contribution in [0, 0.1) is 29.6 Å². The van der Waals surface area contributed by atoms with Gasteiger partial charge in [0.05, 0.1) is 24.3 Å². The molecule has 0 bridgehead atoms. The molecule has 0 aromatic heterocycles. The number of likely N-dealkylation sites (tertiary alicyclic amines) is 1. The molecular formula is C49H97N5O5. The van der Waals surface area contributed by atoms with Crippen LogP contribution >= 0.6 is 0 Å². The van der Waals surface area contributed by atoms with E-state index in [1.807, 2.05) is 43.7 Å². The Morgan fingerprint density at radius 1 is 0.966 bits per heavy atom. The maximum Gasteiger partial charge on any atom is 0.222 e. The fourth-order valence-corrected chi connectivity index (χ4v) is 7.41. The molecule has 9 atom stereocenters. The Bertz CT molecular complexity index is 1130. The summed E-state index contributed by atoms with van der Waals surface area (Å²) in [5.41, 5.74) is 6.42.